The average Bonchev–Trinajstić information content (AvgIpc) is 2.39. The number of carboxylic acid groups (broad SMARTS) is 1. The van der Waals surface area contributed by atoms with E-state index >= 15 is 0 Å². The monoisotopic (exact) mass is 291 g/mol. The Morgan fingerprint density at radius 1 is 1.14 bits per heavy atom. The SMILES string of the molecule is Cc1cc(C(=O)O)ccc1NC(C)c1cc(F)cc(F)c1. The van der Waals surface area contributed by atoms with Gasteiger partial charge in [-0.15, -0.1) is 0 Å². The third-order valence-electron chi connectivity index (χ3n) is 3.23. The van der Waals surface area contributed by atoms with Crippen LogP contribution < -0.4 is 5.32 Å². The number of hydrogen-bond donors (Lipinski definition) is 2. The van der Waals surface area contributed by atoms with Crippen molar-refractivity contribution in [2.24, 2.45) is 0 Å². The van der Waals surface area contributed by atoms with E-state index in [1.54, 1.807) is 26.0 Å². The van der Waals surface area contributed by atoms with E-state index in [1.807, 2.05) is 0 Å². The van der Waals surface area contributed by atoms with Crippen molar-refractivity contribution in [1.29, 1.82) is 0 Å². The van der Waals surface area contributed by atoms with Crippen LogP contribution in [0.5, 0.6) is 0 Å². The van der Waals surface area contributed by atoms with Crippen LogP contribution in [0.3, 0.4) is 0 Å². The van der Waals surface area contributed by atoms with Gasteiger partial charge in [0.2, 0.25) is 0 Å². The molecule has 110 valence electrons. The summed E-state index contributed by atoms with van der Waals surface area (Å²) in [6, 6.07) is 7.71. The number of carboxylic acids is 1. The molecule has 1 atom stereocenters. The van der Waals surface area contributed by atoms with Crippen molar-refractivity contribution in [3.63, 3.8) is 0 Å². The van der Waals surface area contributed by atoms with Crippen LogP contribution in [-0.4, -0.2) is 11.1 Å². The Labute approximate surface area is 121 Å². The van der Waals surface area contributed by atoms with Crippen LogP contribution in [0, 0.1) is 18.6 Å². The molecule has 2 aromatic rings. The van der Waals surface area contributed by atoms with Crippen molar-refractivity contribution < 1.29 is 18.7 Å². The van der Waals surface area contributed by atoms with E-state index in [1.165, 1.54) is 18.2 Å². The van der Waals surface area contributed by atoms with Crippen LogP contribution >= 0.6 is 0 Å². The third-order valence-corrected chi connectivity index (χ3v) is 3.23. The highest BCUT2D eigenvalue weighted by atomic mass is 19.1. The van der Waals surface area contributed by atoms with E-state index in [4.69, 9.17) is 5.11 Å². The van der Waals surface area contributed by atoms with E-state index in [0.717, 1.165) is 17.3 Å². The number of carbonyl (C=O) groups is 1. The summed E-state index contributed by atoms with van der Waals surface area (Å²) in [6.07, 6.45) is 0. The quantitative estimate of drug-likeness (QED) is 0.890. The second-order valence-corrected chi connectivity index (χ2v) is 4.90. The Morgan fingerprint density at radius 3 is 2.29 bits per heavy atom. The lowest BCUT2D eigenvalue weighted by Crippen LogP contribution is -2.09. The molecule has 0 aliphatic heterocycles. The second-order valence-electron chi connectivity index (χ2n) is 4.90. The fourth-order valence-corrected chi connectivity index (χ4v) is 2.10. The summed E-state index contributed by atoms with van der Waals surface area (Å²) < 4.78 is 26.4. The van der Waals surface area contributed by atoms with Gasteiger partial charge >= 0.3 is 5.97 Å². The molecule has 0 fully saturated rings. The maximum absolute atomic E-state index is 13.2. The van der Waals surface area contributed by atoms with Crippen molar-refractivity contribution >= 4 is 11.7 Å². The zero-order chi connectivity index (χ0) is 15.6. The summed E-state index contributed by atoms with van der Waals surface area (Å²) in [4.78, 5) is 10.9. The van der Waals surface area contributed by atoms with Gasteiger partial charge in [-0.25, -0.2) is 13.6 Å². The van der Waals surface area contributed by atoms with Gasteiger partial charge in [0.25, 0.3) is 0 Å². The number of halogens is 2. The normalized spacial score (nSPS) is 12.0. The topological polar surface area (TPSA) is 49.3 Å². The molecule has 0 heterocycles. The average molecular weight is 291 g/mol. The fraction of sp³-hybridized carbons (Fsp3) is 0.188. The van der Waals surface area contributed by atoms with Gasteiger partial charge < -0.3 is 10.4 Å². The Balaban J connectivity index is 2.23. The van der Waals surface area contributed by atoms with Crippen molar-refractivity contribution in [1.82, 2.24) is 0 Å². The van der Waals surface area contributed by atoms with E-state index in [-0.39, 0.29) is 11.6 Å². The van der Waals surface area contributed by atoms with Crippen LogP contribution in [0.4, 0.5) is 14.5 Å². The minimum absolute atomic E-state index is 0.197. The summed E-state index contributed by atoms with van der Waals surface area (Å²) in [5.74, 6) is -2.25. The van der Waals surface area contributed by atoms with Crippen LogP contribution in [0.25, 0.3) is 0 Å². The van der Waals surface area contributed by atoms with Gasteiger partial charge in [-0.05, 0) is 55.3 Å². The van der Waals surface area contributed by atoms with Crippen molar-refractivity contribution in [2.75, 3.05) is 5.32 Å². The van der Waals surface area contributed by atoms with E-state index < -0.39 is 17.6 Å². The number of aromatic carboxylic acids is 1. The Hall–Kier alpha value is -2.43. The number of aryl methyl sites for hydroxylation is 1. The number of benzene rings is 2. The van der Waals surface area contributed by atoms with Gasteiger partial charge in [-0.2, -0.15) is 0 Å². The van der Waals surface area contributed by atoms with Gasteiger partial charge in [0.05, 0.1) is 5.56 Å². The molecule has 1 unspecified atom stereocenters. The standard InChI is InChI=1S/C16H15F2NO2/c1-9-5-11(16(20)21)3-4-15(9)19-10(2)12-6-13(17)8-14(18)7-12/h3-8,10,19H,1-2H3,(H,20,21). The molecule has 0 amide bonds. The number of anilines is 1. The predicted octanol–water partition coefficient (Wildman–Crippen LogP) is 4.14. The van der Waals surface area contributed by atoms with Crippen molar-refractivity contribution in [2.45, 2.75) is 19.9 Å². The summed E-state index contributed by atoms with van der Waals surface area (Å²) in [7, 11) is 0. The fourth-order valence-electron chi connectivity index (χ4n) is 2.10. The molecule has 0 aliphatic carbocycles. The number of rotatable bonds is 4. The van der Waals surface area contributed by atoms with Crippen LogP contribution in [0.2, 0.25) is 0 Å². The maximum Gasteiger partial charge on any atom is 0.335 e. The Kier molecular flexibility index (Phi) is 4.21. The highest BCUT2D eigenvalue weighted by Crippen LogP contribution is 2.24. The summed E-state index contributed by atoms with van der Waals surface area (Å²) in [5.41, 5.74) is 2.15. The zero-order valence-corrected chi connectivity index (χ0v) is 11.7. The first-order valence-corrected chi connectivity index (χ1v) is 6.43. The Bertz CT molecular complexity index is 666. The van der Waals surface area contributed by atoms with E-state index in [0.29, 0.717) is 5.56 Å². The molecule has 2 N–H and O–H groups in total. The molecular formula is C16H15F2NO2. The molecule has 0 bridgehead atoms. The first-order valence-electron chi connectivity index (χ1n) is 6.43. The van der Waals surface area contributed by atoms with Gasteiger partial charge in [-0.3, -0.25) is 0 Å². The molecule has 0 aliphatic rings. The lowest BCUT2D eigenvalue weighted by molar-refractivity contribution is 0.0697. The predicted molar refractivity (Wildman–Crippen MR) is 76.5 cm³/mol. The molecule has 21 heavy (non-hydrogen) atoms. The molecule has 5 heteroatoms. The summed E-state index contributed by atoms with van der Waals surface area (Å²) >= 11 is 0. The lowest BCUT2D eigenvalue weighted by atomic mass is 10.1. The van der Waals surface area contributed by atoms with Crippen LogP contribution in [-0.2, 0) is 0 Å². The maximum atomic E-state index is 13.2. The van der Waals surface area contributed by atoms with Gasteiger partial charge in [0, 0.05) is 17.8 Å². The third kappa shape index (κ3) is 3.56. The largest absolute Gasteiger partial charge is 0.478 e. The molecule has 3 nitrogen and oxygen atoms in total. The smallest absolute Gasteiger partial charge is 0.335 e. The highest BCUT2D eigenvalue weighted by molar-refractivity contribution is 5.88. The molecule has 2 rings (SSSR count). The molecule has 0 aromatic heterocycles. The first-order chi connectivity index (χ1) is 9.86. The summed E-state index contributed by atoms with van der Waals surface area (Å²) in [5, 5.41) is 12.0. The van der Waals surface area contributed by atoms with Gasteiger partial charge in [-0.1, -0.05) is 0 Å². The lowest BCUT2D eigenvalue weighted by Gasteiger charge is -2.18. The molecule has 0 saturated heterocycles. The van der Waals surface area contributed by atoms with E-state index in [2.05, 4.69) is 5.32 Å². The minimum atomic E-state index is -0.995. The minimum Gasteiger partial charge on any atom is -0.478 e. The first kappa shape index (κ1) is 15.0. The van der Waals surface area contributed by atoms with E-state index in [9.17, 15) is 13.6 Å². The van der Waals surface area contributed by atoms with Gasteiger partial charge in [0.1, 0.15) is 11.6 Å². The molecule has 2 aromatic carbocycles. The molecule has 0 spiro atoms. The van der Waals surface area contributed by atoms with Crippen molar-refractivity contribution in [3.05, 3.63) is 64.7 Å². The summed E-state index contributed by atoms with van der Waals surface area (Å²) in [6.45, 7) is 3.55. The van der Waals surface area contributed by atoms with Crippen LogP contribution in [0.15, 0.2) is 36.4 Å². The molecule has 0 saturated carbocycles. The zero-order valence-electron chi connectivity index (χ0n) is 11.7. The highest BCUT2D eigenvalue weighted by Gasteiger charge is 2.11. The van der Waals surface area contributed by atoms with Gasteiger partial charge in [0.15, 0.2) is 0 Å². The van der Waals surface area contributed by atoms with Crippen LogP contribution in [0.1, 0.15) is 34.5 Å². The second kappa shape index (κ2) is 5.91. The number of hydrogen-bond acceptors (Lipinski definition) is 2. The molecular weight excluding hydrogens is 276 g/mol. The number of nitrogens with one attached hydrogen (secondary N) is 1. The molecule has 0 radical (unpaired) electrons. The Morgan fingerprint density at radius 2 is 1.76 bits per heavy atom. The van der Waals surface area contributed by atoms with Crippen molar-refractivity contribution in [3.8, 4) is 0 Å².